The second-order valence-corrected chi connectivity index (χ2v) is 6.01. The molecular weight excluding hydrogens is 244 g/mol. The van der Waals surface area contributed by atoms with Gasteiger partial charge in [-0.1, -0.05) is 81.0 Å². The molecule has 0 atom stereocenters. The molecule has 2 aromatic carbocycles. The third-order valence-corrected chi connectivity index (χ3v) is 4.54. The third-order valence-electron chi connectivity index (χ3n) is 4.54. The molecule has 0 N–H and O–H groups in total. The van der Waals surface area contributed by atoms with Crippen molar-refractivity contribution in [3.05, 3.63) is 48.0 Å². The minimum atomic E-state index is 0.327. The van der Waals surface area contributed by atoms with Crippen LogP contribution in [0.1, 0.15) is 55.3 Å². The van der Waals surface area contributed by atoms with Crippen molar-refractivity contribution in [3.8, 4) is 0 Å². The van der Waals surface area contributed by atoms with Crippen molar-refractivity contribution in [2.24, 2.45) is 5.92 Å². The molecule has 0 bridgehead atoms. The lowest BCUT2D eigenvalue weighted by Crippen LogP contribution is -2.08. The van der Waals surface area contributed by atoms with Gasteiger partial charge in [0.2, 0.25) is 0 Å². The standard InChI is InChI=1S/C19H22O/c20-19(14-15-8-3-1-2-4-9-15)18-13-7-11-16-10-5-6-12-17(16)18/h5-7,10-13,15H,1-4,8-9,14H2. The molecule has 0 heterocycles. The van der Waals surface area contributed by atoms with Crippen molar-refractivity contribution >= 4 is 16.6 Å². The predicted molar refractivity (Wildman–Crippen MR) is 84.1 cm³/mol. The number of ketones is 1. The van der Waals surface area contributed by atoms with Crippen LogP contribution in [-0.4, -0.2) is 5.78 Å². The summed E-state index contributed by atoms with van der Waals surface area (Å²) >= 11 is 0. The molecule has 0 amide bonds. The van der Waals surface area contributed by atoms with Gasteiger partial charge in [-0.05, 0) is 16.7 Å². The Balaban J connectivity index is 1.81. The van der Waals surface area contributed by atoms with E-state index in [9.17, 15) is 4.79 Å². The van der Waals surface area contributed by atoms with Crippen molar-refractivity contribution in [2.45, 2.75) is 44.9 Å². The Morgan fingerprint density at radius 2 is 1.60 bits per heavy atom. The van der Waals surface area contributed by atoms with Gasteiger partial charge >= 0.3 is 0 Å². The first-order chi connectivity index (χ1) is 9.84. The monoisotopic (exact) mass is 266 g/mol. The average molecular weight is 266 g/mol. The van der Waals surface area contributed by atoms with E-state index in [0.717, 1.165) is 17.4 Å². The van der Waals surface area contributed by atoms with Gasteiger partial charge in [-0.3, -0.25) is 4.79 Å². The molecule has 0 aliphatic heterocycles. The van der Waals surface area contributed by atoms with E-state index in [1.165, 1.54) is 43.9 Å². The van der Waals surface area contributed by atoms with Crippen LogP contribution in [0, 0.1) is 5.92 Å². The van der Waals surface area contributed by atoms with Gasteiger partial charge in [0.25, 0.3) is 0 Å². The highest BCUT2D eigenvalue weighted by Crippen LogP contribution is 2.28. The van der Waals surface area contributed by atoms with Crippen molar-refractivity contribution < 1.29 is 4.79 Å². The Hall–Kier alpha value is -1.63. The molecule has 1 aliphatic rings. The first-order valence-corrected chi connectivity index (χ1v) is 7.85. The summed E-state index contributed by atoms with van der Waals surface area (Å²) < 4.78 is 0. The van der Waals surface area contributed by atoms with E-state index in [1.807, 2.05) is 24.3 Å². The SMILES string of the molecule is O=C(CC1CCCCCC1)c1cccc2ccccc12. The molecule has 20 heavy (non-hydrogen) atoms. The van der Waals surface area contributed by atoms with Crippen molar-refractivity contribution in [3.63, 3.8) is 0 Å². The second-order valence-electron chi connectivity index (χ2n) is 6.01. The molecule has 0 spiro atoms. The molecule has 1 aliphatic carbocycles. The summed E-state index contributed by atoms with van der Waals surface area (Å²) in [6.07, 6.45) is 8.49. The molecule has 2 aromatic rings. The minimum Gasteiger partial charge on any atom is -0.294 e. The van der Waals surface area contributed by atoms with E-state index in [-0.39, 0.29) is 0 Å². The second kappa shape index (κ2) is 6.21. The van der Waals surface area contributed by atoms with Crippen LogP contribution in [0.3, 0.4) is 0 Å². The fourth-order valence-electron chi connectivity index (χ4n) is 3.41. The number of hydrogen-bond acceptors (Lipinski definition) is 1. The highest BCUT2D eigenvalue weighted by atomic mass is 16.1. The van der Waals surface area contributed by atoms with Crippen molar-refractivity contribution in [1.82, 2.24) is 0 Å². The molecule has 1 heteroatoms. The number of benzene rings is 2. The van der Waals surface area contributed by atoms with Crippen LogP contribution in [0.25, 0.3) is 10.8 Å². The minimum absolute atomic E-state index is 0.327. The summed E-state index contributed by atoms with van der Waals surface area (Å²) in [4.78, 5) is 12.6. The molecule has 3 rings (SSSR count). The highest BCUT2D eigenvalue weighted by molar-refractivity contribution is 6.08. The fourth-order valence-corrected chi connectivity index (χ4v) is 3.41. The van der Waals surface area contributed by atoms with E-state index >= 15 is 0 Å². The summed E-state index contributed by atoms with van der Waals surface area (Å²) in [6, 6.07) is 14.3. The van der Waals surface area contributed by atoms with Gasteiger partial charge in [0, 0.05) is 12.0 Å². The topological polar surface area (TPSA) is 17.1 Å². The molecule has 104 valence electrons. The average Bonchev–Trinajstić information content (AvgIpc) is 2.75. The summed E-state index contributed by atoms with van der Waals surface area (Å²) in [5, 5.41) is 2.27. The number of fused-ring (bicyclic) bond motifs is 1. The van der Waals surface area contributed by atoms with Crippen LogP contribution in [0.15, 0.2) is 42.5 Å². The third kappa shape index (κ3) is 2.92. The van der Waals surface area contributed by atoms with E-state index in [1.54, 1.807) is 0 Å². The summed E-state index contributed by atoms with van der Waals surface area (Å²) in [5.74, 6) is 0.928. The van der Waals surface area contributed by atoms with E-state index < -0.39 is 0 Å². The van der Waals surface area contributed by atoms with Crippen molar-refractivity contribution in [1.29, 1.82) is 0 Å². The largest absolute Gasteiger partial charge is 0.294 e. The predicted octanol–water partition coefficient (Wildman–Crippen LogP) is 5.38. The Labute approximate surface area is 121 Å². The Morgan fingerprint density at radius 3 is 2.40 bits per heavy atom. The van der Waals surface area contributed by atoms with Gasteiger partial charge < -0.3 is 0 Å². The number of rotatable bonds is 3. The molecule has 0 radical (unpaired) electrons. The number of carbonyl (C=O) groups is 1. The maximum atomic E-state index is 12.6. The number of Topliss-reactive ketones (excluding diaryl/α,β-unsaturated/α-hetero) is 1. The lowest BCUT2D eigenvalue weighted by Gasteiger charge is -2.13. The van der Waals surface area contributed by atoms with E-state index in [2.05, 4.69) is 18.2 Å². The van der Waals surface area contributed by atoms with Crippen LogP contribution in [0.2, 0.25) is 0 Å². The zero-order valence-electron chi connectivity index (χ0n) is 12.0. The number of hydrogen-bond donors (Lipinski definition) is 0. The zero-order valence-corrected chi connectivity index (χ0v) is 12.0. The fraction of sp³-hybridized carbons (Fsp3) is 0.421. The maximum absolute atomic E-state index is 12.6. The molecular formula is C19H22O. The molecule has 1 nitrogen and oxygen atoms in total. The Bertz CT molecular complexity index is 586. The van der Waals surface area contributed by atoms with Gasteiger partial charge in [0.1, 0.15) is 0 Å². The summed E-state index contributed by atoms with van der Waals surface area (Å²) in [7, 11) is 0. The van der Waals surface area contributed by atoms with Gasteiger partial charge in [-0.2, -0.15) is 0 Å². The molecule has 0 aromatic heterocycles. The van der Waals surface area contributed by atoms with Crippen LogP contribution in [-0.2, 0) is 0 Å². The lowest BCUT2D eigenvalue weighted by molar-refractivity contribution is 0.0958. The Kier molecular flexibility index (Phi) is 4.15. The number of carbonyl (C=O) groups excluding carboxylic acids is 1. The molecule has 1 saturated carbocycles. The Morgan fingerprint density at radius 1 is 0.900 bits per heavy atom. The first kappa shape index (κ1) is 13.4. The normalized spacial score (nSPS) is 17.0. The lowest BCUT2D eigenvalue weighted by atomic mass is 9.90. The van der Waals surface area contributed by atoms with Gasteiger partial charge in [0.15, 0.2) is 5.78 Å². The van der Waals surface area contributed by atoms with Crippen LogP contribution in [0.5, 0.6) is 0 Å². The summed E-state index contributed by atoms with van der Waals surface area (Å²) in [6.45, 7) is 0. The van der Waals surface area contributed by atoms with E-state index in [4.69, 9.17) is 0 Å². The highest BCUT2D eigenvalue weighted by Gasteiger charge is 2.18. The molecule has 0 unspecified atom stereocenters. The van der Waals surface area contributed by atoms with Gasteiger partial charge in [-0.15, -0.1) is 0 Å². The maximum Gasteiger partial charge on any atom is 0.163 e. The van der Waals surface area contributed by atoms with E-state index in [0.29, 0.717) is 11.7 Å². The zero-order chi connectivity index (χ0) is 13.8. The van der Waals surface area contributed by atoms with Gasteiger partial charge in [-0.25, -0.2) is 0 Å². The quantitative estimate of drug-likeness (QED) is 0.538. The van der Waals surface area contributed by atoms with Crippen LogP contribution >= 0.6 is 0 Å². The molecule has 0 saturated heterocycles. The molecule has 1 fully saturated rings. The van der Waals surface area contributed by atoms with Gasteiger partial charge in [0.05, 0.1) is 0 Å². The first-order valence-electron chi connectivity index (χ1n) is 7.85. The van der Waals surface area contributed by atoms with Crippen LogP contribution < -0.4 is 0 Å². The summed E-state index contributed by atoms with van der Waals surface area (Å²) in [5.41, 5.74) is 0.910. The smallest absolute Gasteiger partial charge is 0.163 e. The van der Waals surface area contributed by atoms with Crippen LogP contribution in [0.4, 0.5) is 0 Å². The van der Waals surface area contributed by atoms with Crippen molar-refractivity contribution in [2.75, 3.05) is 0 Å².